The molecule has 160 valence electrons. The lowest BCUT2D eigenvalue weighted by atomic mass is 9.69. The van der Waals surface area contributed by atoms with Crippen LogP contribution < -0.4 is 10.6 Å². The van der Waals surface area contributed by atoms with Crippen LogP contribution in [0.25, 0.3) is 22.2 Å². The SMILES string of the molecule is O=C(NC1CCNC1=O)C1CC(c2c(-c3ccc(F)cc3)[nH]c3c(F)cc(F)cc23)C1. The number of nitrogens with one attached hydrogen (secondary N) is 3. The molecule has 2 amide bonds. The summed E-state index contributed by atoms with van der Waals surface area (Å²) in [6.07, 6.45) is 1.56. The second kappa shape index (κ2) is 7.44. The third-order valence-electron chi connectivity index (χ3n) is 6.28. The van der Waals surface area contributed by atoms with Gasteiger partial charge in [-0.25, -0.2) is 13.2 Å². The highest BCUT2D eigenvalue weighted by Crippen LogP contribution is 2.48. The van der Waals surface area contributed by atoms with Crippen molar-refractivity contribution >= 4 is 22.7 Å². The van der Waals surface area contributed by atoms with Crippen molar-refractivity contribution < 1.29 is 22.8 Å². The first kappa shape index (κ1) is 19.7. The monoisotopic (exact) mass is 427 g/mol. The summed E-state index contributed by atoms with van der Waals surface area (Å²) in [7, 11) is 0. The zero-order chi connectivity index (χ0) is 21.7. The standard InChI is InChI=1S/C23H20F3N3O2/c24-14-3-1-11(2-4-14)20-19(16-9-15(25)10-17(26)21(16)29-20)12-7-13(8-12)22(30)28-18-5-6-27-23(18)31/h1-4,9-10,12-13,18,29H,5-8H2,(H,27,31)(H,28,30). The normalized spacial score (nSPS) is 22.9. The summed E-state index contributed by atoms with van der Waals surface area (Å²) in [6, 6.07) is 7.39. The third-order valence-corrected chi connectivity index (χ3v) is 6.28. The molecule has 1 unspecified atom stereocenters. The number of hydrogen-bond acceptors (Lipinski definition) is 2. The van der Waals surface area contributed by atoms with Gasteiger partial charge >= 0.3 is 0 Å². The average Bonchev–Trinajstić information content (AvgIpc) is 3.26. The van der Waals surface area contributed by atoms with E-state index < -0.39 is 23.5 Å². The zero-order valence-corrected chi connectivity index (χ0v) is 16.5. The smallest absolute Gasteiger partial charge is 0.242 e. The van der Waals surface area contributed by atoms with Crippen molar-refractivity contribution in [1.29, 1.82) is 0 Å². The van der Waals surface area contributed by atoms with Gasteiger partial charge in [-0.05, 0) is 66.6 Å². The molecule has 2 aliphatic rings. The van der Waals surface area contributed by atoms with Crippen molar-refractivity contribution in [3.8, 4) is 11.3 Å². The second-order valence-electron chi connectivity index (χ2n) is 8.24. The van der Waals surface area contributed by atoms with Gasteiger partial charge in [-0.15, -0.1) is 0 Å². The Hall–Kier alpha value is -3.29. The number of aromatic amines is 1. The van der Waals surface area contributed by atoms with Crippen LogP contribution in [0.5, 0.6) is 0 Å². The number of amides is 2. The van der Waals surface area contributed by atoms with Gasteiger partial charge in [-0.3, -0.25) is 9.59 Å². The highest BCUT2D eigenvalue weighted by molar-refractivity contribution is 5.93. The van der Waals surface area contributed by atoms with Gasteiger partial charge in [0.1, 0.15) is 23.5 Å². The fourth-order valence-corrected chi connectivity index (χ4v) is 4.60. The summed E-state index contributed by atoms with van der Waals surface area (Å²) in [5.74, 6) is -2.51. The molecular formula is C23H20F3N3O2. The first-order valence-corrected chi connectivity index (χ1v) is 10.3. The Morgan fingerprint density at radius 2 is 1.77 bits per heavy atom. The van der Waals surface area contributed by atoms with Crippen LogP contribution in [0, 0.1) is 23.4 Å². The molecule has 0 bridgehead atoms. The van der Waals surface area contributed by atoms with E-state index >= 15 is 0 Å². The van der Waals surface area contributed by atoms with E-state index in [0.717, 1.165) is 11.6 Å². The fourth-order valence-electron chi connectivity index (χ4n) is 4.60. The first-order chi connectivity index (χ1) is 14.9. The lowest BCUT2D eigenvalue weighted by Gasteiger charge is -2.35. The number of aromatic nitrogens is 1. The van der Waals surface area contributed by atoms with Crippen LogP contribution in [0.2, 0.25) is 0 Å². The Morgan fingerprint density at radius 1 is 1.03 bits per heavy atom. The Kier molecular flexibility index (Phi) is 4.72. The topological polar surface area (TPSA) is 74.0 Å². The van der Waals surface area contributed by atoms with Crippen LogP contribution in [0.4, 0.5) is 13.2 Å². The summed E-state index contributed by atoms with van der Waals surface area (Å²) in [4.78, 5) is 27.3. The molecule has 1 saturated heterocycles. The number of H-pyrrole nitrogens is 1. The molecule has 0 radical (unpaired) electrons. The van der Waals surface area contributed by atoms with Crippen LogP contribution in [-0.4, -0.2) is 29.4 Å². The highest BCUT2D eigenvalue weighted by atomic mass is 19.1. The molecule has 2 heterocycles. The minimum atomic E-state index is -0.703. The van der Waals surface area contributed by atoms with Crippen molar-refractivity contribution in [1.82, 2.24) is 15.6 Å². The van der Waals surface area contributed by atoms with Crippen LogP contribution in [0.3, 0.4) is 0 Å². The van der Waals surface area contributed by atoms with Crippen LogP contribution >= 0.6 is 0 Å². The Bertz CT molecular complexity index is 1180. The van der Waals surface area contributed by atoms with Gasteiger partial charge in [0, 0.05) is 23.9 Å². The van der Waals surface area contributed by atoms with Gasteiger partial charge in [-0.1, -0.05) is 0 Å². The molecule has 3 N–H and O–H groups in total. The quantitative estimate of drug-likeness (QED) is 0.593. The Balaban J connectivity index is 1.45. The summed E-state index contributed by atoms with van der Waals surface area (Å²) in [5.41, 5.74) is 2.16. The number of halogens is 3. The number of rotatable bonds is 4. The molecule has 8 heteroatoms. The van der Waals surface area contributed by atoms with Gasteiger partial charge in [0.25, 0.3) is 0 Å². The predicted molar refractivity (Wildman–Crippen MR) is 109 cm³/mol. The van der Waals surface area contributed by atoms with Gasteiger partial charge in [0.2, 0.25) is 11.8 Å². The Morgan fingerprint density at radius 3 is 2.45 bits per heavy atom. The van der Waals surface area contributed by atoms with Crippen LogP contribution in [0.1, 0.15) is 30.7 Å². The van der Waals surface area contributed by atoms with E-state index in [1.807, 2.05) is 0 Å². The molecular weight excluding hydrogens is 407 g/mol. The maximum atomic E-state index is 14.4. The van der Waals surface area contributed by atoms with Gasteiger partial charge < -0.3 is 15.6 Å². The lowest BCUT2D eigenvalue weighted by molar-refractivity contribution is -0.132. The number of carbonyl (C=O) groups is 2. The molecule has 1 atom stereocenters. The number of carbonyl (C=O) groups excluding carboxylic acids is 2. The molecule has 2 aromatic carbocycles. The van der Waals surface area contributed by atoms with Crippen molar-refractivity contribution in [3.05, 3.63) is 59.4 Å². The third kappa shape index (κ3) is 3.45. The van der Waals surface area contributed by atoms with E-state index in [4.69, 9.17) is 0 Å². The molecule has 0 spiro atoms. The van der Waals surface area contributed by atoms with Gasteiger partial charge in [0.05, 0.1) is 11.2 Å². The van der Waals surface area contributed by atoms with Crippen LogP contribution in [-0.2, 0) is 9.59 Å². The van der Waals surface area contributed by atoms with Gasteiger partial charge in [0.15, 0.2) is 0 Å². The van der Waals surface area contributed by atoms with Crippen LogP contribution in [0.15, 0.2) is 36.4 Å². The number of fused-ring (bicyclic) bond motifs is 1. The molecule has 31 heavy (non-hydrogen) atoms. The summed E-state index contributed by atoms with van der Waals surface area (Å²) in [5, 5.41) is 5.90. The van der Waals surface area contributed by atoms with E-state index in [-0.39, 0.29) is 29.2 Å². The molecule has 3 aromatic rings. The van der Waals surface area contributed by atoms with E-state index in [1.165, 1.54) is 18.2 Å². The molecule has 5 nitrogen and oxygen atoms in total. The first-order valence-electron chi connectivity index (χ1n) is 10.3. The molecule has 5 rings (SSSR count). The van der Waals surface area contributed by atoms with E-state index in [2.05, 4.69) is 15.6 Å². The second-order valence-corrected chi connectivity index (χ2v) is 8.24. The van der Waals surface area contributed by atoms with Crippen molar-refractivity contribution in [2.75, 3.05) is 6.54 Å². The zero-order valence-electron chi connectivity index (χ0n) is 16.5. The molecule has 1 saturated carbocycles. The lowest BCUT2D eigenvalue weighted by Crippen LogP contribution is -2.45. The largest absolute Gasteiger partial charge is 0.354 e. The van der Waals surface area contributed by atoms with E-state index in [1.54, 1.807) is 12.1 Å². The molecule has 1 aliphatic carbocycles. The van der Waals surface area contributed by atoms with Crippen molar-refractivity contribution in [2.45, 2.75) is 31.2 Å². The molecule has 1 aromatic heterocycles. The summed E-state index contributed by atoms with van der Waals surface area (Å²) < 4.78 is 41.8. The van der Waals surface area contributed by atoms with Crippen molar-refractivity contribution in [3.63, 3.8) is 0 Å². The Labute approximate surface area is 176 Å². The highest BCUT2D eigenvalue weighted by Gasteiger charge is 2.40. The van der Waals surface area contributed by atoms with Crippen molar-refractivity contribution in [2.24, 2.45) is 5.92 Å². The average molecular weight is 427 g/mol. The van der Waals surface area contributed by atoms with Gasteiger partial charge in [-0.2, -0.15) is 0 Å². The minimum Gasteiger partial charge on any atom is -0.354 e. The minimum absolute atomic E-state index is 0.0943. The fraction of sp³-hybridized carbons (Fsp3) is 0.304. The van der Waals surface area contributed by atoms with E-state index in [9.17, 15) is 22.8 Å². The maximum Gasteiger partial charge on any atom is 0.242 e. The van der Waals surface area contributed by atoms with E-state index in [0.29, 0.717) is 42.5 Å². The molecule has 2 fully saturated rings. The summed E-state index contributed by atoms with van der Waals surface area (Å²) >= 11 is 0. The summed E-state index contributed by atoms with van der Waals surface area (Å²) in [6.45, 7) is 0.546. The number of hydrogen-bond donors (Lipinski definition) is 3. The number of benzene rings is 2. The molecule has 1 aliphatic heterocycles. The predicted octanol–water partition coefficient (Wildman–Crippen LogP) is 3.75. The maximum absolute atomic E-state index is 14.4.